The first-order valence-corrected chi connectivity index (χ1v) is 41.3. The van der Waals surface area contributed by atoms with Gasteiger partial charge < -0.3 is 63.0 Å². The molecule has 0 bridgehead atoms. The van der Waals surface area contributed by atoms with E-state index in [-0.39, 0.29) is 47.1 Å². The molecule has 536 valence electrons. The molecular weight excluding hydrogens is 1430 g/mol. The minimum absolute atomic E-state index is 0. The predicted molar refractivity (Wildman–Crippen MR) is 414 cm³/mol. The molecule has 10 aromatic rings. The molecule has 0 radical (unpaired) electrons. The summed E-state index contributed by atoms with van der Waals surface area (Å²) in [6.45, 7) is 26.2. The Hall–Kier alpha value is -9.13. The fourth-order valence-electron chi connectivity index (χ4n) is 10.4. The molecule has 1 saturated carbocycles. The van der Waals surface area contributed by atoms with Gasteiger partial charge in [-0.2, -0.15) is 45.8 Å². The van der Waals surface area contributed by atoms with Gasteiger partial charge in [0.05, 0.1) is 67.9 Å². The third-order valence-corrected chi connectivity index (χ3v) is 21.9. The summed E-state index contributed by atoms with van der Waals surface area (Å²) >= 11 is 0. The molecule has 2 heterocycles. The molecule has 11 rings (SSSR count). The third kappa shape index (κ3) is 28.2. The number of aliphatic hydroxyl groups is 2. The van der Waals surface area contributed by atoms with E-state index in [0.29, 0.717) is 85.0 Å². The number of para-hydroxylation sites is 3. The standard InChI is InChI=1S/C26H22N4O3.C14H15NO2.C12H9N3O2.C12H22NSi2.C8H8O2.C4H9N.Cl2OS.ClH.Mg/c1-17-14-23(30(29-17)21-11-7-9-19(16-21)27-2)26(32)28-20-10-6-8-18(15-20)25(31)22-12-4-5-13-24(22)33-3;1-17-13-8-3-2-7-12(13)14(16)10-5-4-6-11(15)9-10;1-8-5-11(12(16)17)15(14-8)10-4-2-3-9(6-10)7-13;1-14(2,3)13(15(4,5)6)12-10-8-7-9-11-12;1-10-8-5-3-2-4-7(8)6-9;5-3-4-1-2-4;1-4(2)3;;/h4-16,25,31H,1,3H3,(H,28,32);2-9,14,16H,15H2,1H3;2-6H,1H3,(H,16,17);7-8,10-11H,1-6H3;2-6H,1H3;4H,1-3,5H2;;1H;/q;;;-1;;;;;+2/p-1. The van der Waals surface area contributed by atoms with Crippen LogP contribution in [0.2, 0.25) is 39.3 Å². The number of carboxylic acid groups (broad SMARTS) is 1. The van der Waals surface area contributed by atoms with Gasteiger partial charge in [-0.15, -0.1) is 0 Å². The summed E-state index contributed by atoms with van der Waals surface area (Å²) in [6.07, 6.45) is 1.91. The largest absolute Gasteiger partial charge is 2.00 e. The number of carboxylic acids is 1. The average Bonchev–Trinajstić information content (AvgIpc) is 1.53. The van der Waals surface area contributed by atoms with Gasteiger partial charge in [0.2, 0.25) is 9.23 Å². The van der Waals surface area contributed by atoms with E-state index >= 15 is 0 Å². The number of anilines is 3. The molecule has 0 aliphatic heterocycles. The fraction of sp³-hybridized carbons (Fsp3) is 0.224. The van der Waals surface area contributed by atoms with Crippen LogP contribution in [0.3, 0.4) is 0 Å². The summed E-state index contributed by atoms with van der Waals surface area (Å²) < 4.78 is 30.1. The Morgan fingerprint density at radius 1 is 0.718 bits per heavy atom. The van der Waals surface area contributed by atoms with E-state index in [9.17, 15) is 24.6 Å². The van der Waals surface area contributed by atoms with Gasteiger partial charge in [-0.1, -0.05) is 136 Å². The van der Waals surface area contributed by atoms with E-state index in [1.165, 1.54) is 34.0 Å². The number of methoxy groups -OCH3 is 3. The summed E-state index contributed by atoms with van der Waals surface area (Å²) in [5.41, 5.74) is 20.6. The minimum atomic E-state index is -1.67. The number of halogens is 3. The summed E-state index contributed by atoms with van der Waals surface area (Å²) in [7, 11) is 9.47. The molecular formula is C76H85Cl3MgN10O10SSi2. The zero-order chi connectivity index (χ0) is 74.4. The third-order valence-electron chi connectivity index (χ3n) is 14.7. The van der Waals surface area contributed by atoms with Crippen LogP contribution in [0.15, 0.2) is 206 Å². The number of aliphatic hydroxyl groups excluding tert-OH is 2. The molecule has 1 fully saturated rings. The van der Waals surface area contributed by atoms with Crippen LogP contribution in [0.25, 0.3) is 16.2 Å². The number of aryl methyl sites for hydroxylation is 2. The molecule has 27 heteroatoms. The van der Waals surface area contributed by atoms with Crippen LogP contribution >= 0.6 is 21.4 Å². The van der Waals surface area contributed by atoms with Crippen molar-refractivity contribution in [2.24, 2.45) is 11.7 Å². The van der Waals surface area contributed by atoms with Crippen LogP contribution < -0.4 is 47.6 Å². The van der Waals surface area contributed by atoms with Crippen molar-refractivity contribution in [1.82, 2.24) is 19.6 Å². The van der Waals surface area contributed by atoms with Gasteiger partial charge in [0.1, 0.15) is 51.6 Å². The van der Waals surface area contributed by atoms with Crippen molar-refractivity contribution in [3.05, 3.63) is 280 Å². The Labute approximate surface area is 639 Å². The van der Waals surface area contributed by atoms with Crippen molar-refractivity contribution in [3.63, 3.8) is 0 Å². The molecule has 2 atom stereocenters. The number of nitrogens with one attached hydrogen (secondary N) is 1. The summed E-state index contributed by atoms with van der Waals surface area (Å²) in [5.74, 6) is 1.39. The van der Waals surface area contributed by atoms with Crippen LogP contribution in [0, 0.1) is 43.7 Å². The number of aromatic carboxylic acids is 1. The number of nitriles is 1. The van der Waals surface area contributed by atoms with E-state index in [1.54, 1.807) is 157 Å². The molecule has 1 aliphatic carbocycles. The van der Waals surface area contributed by atoms with Gasteiger partial charge in [0.25, 0.3) is 5.91 Å². The number of amides is 1. The number of aromatic nitrogens is 4. The molecule has 2 unspecified atom stereocenters. The van der Waals surface area contributed by atoms with Gasteiger partial charge in [0, 0.05) is 43.9 Å². The Bertz CT molecular complexity index is 4430. The van der Waals surface area contributed by atoms with Crippen molar-refractivity contribution >= 4 is 111 Å². The number of benzene rings is 8. The van der Waals surface area contributed by atoms with E-state index in [2.05, 4.69) is 110 Å². The normalized spacial score (nSPS) is 11.5. The molecule has 8 aromatic carbocycles. The molecule has 103 heavy (non-hydrogen) atoms. The maximum absolute atomic E-state index is 13.1. The van der Waals surface area contributed by atoms with Crippen LogP contribution in [-0.4, -0.2) is 125 Å². The quantitative estimate of drug-likeness (QED) is 0.0162. The fourth-order valence-corrected chi connectivity index (χ4v) is 20.3. The molecule has 0 spiro atoms. The van der Waals surface area contributed by atoms with Gasteiger partial charge in [-0.05, 0) is 141 Å². The maximum atomic E-state index is 13.1. The van der Waals surface area contributed by atoms with Crippen LogP contribution in [0.5, 0.6) is 17.2 Å². The van der Waals surface area contributed by atoms with E-state index < -0.39 is 43.9 Å². The average molecular weight is 1520 g/mol. The van der Waals surface area contributed by atoms with Crippen molar-refractivity contribution in [2.45, 2.75) is 78.2 Å². The molecule has 0 saturated heterocycles. The second-order valence-corrected chi connectivity index (χ2v) is 37.0. The van der Waals surface area contributed by atoms with Crippen LogP contribution in [-0.2, 0) is 9.23 Å². The summed E-state index contributed by atoms with van der Waals surface area (Å²) in [6, 6.07) is 66.3. The van der Waals surface area contributed by atoms with Gasteiger partial charge in [-0.25, -0.2) is 23.2 Å². The van der Waals surface area contributed by atoms with Crippen molar-refractivity contribution in [3.8, 4) is 34.7 Å². The second kappa shape index (κ2) is 43.7. The van der Waals surface area contributed by atoms with Crippen molar-refractivity contribution < 1.29 is 60.5 Å². The number of hydrogen-bond acceptors (Lipinski definition) is 15. The smallest absolute Gasteiger partial charge is 1.00 e. The number of carbonyl (C=O) groups excluding carboxylic acids is 2. The second-order valence-electron chi connectivity index (χ2n) is 24.5. The number of aldehydes is 1. The first-order valence-electron chi connectivity index (χ1n) is 31.6. The van der Waals surface area contributed by atoms with Crippen molar-refractivity contribution in [2.75, 3.05) is 43.2 Å². The zero-order valence-electron chi connectivity index (χ0n) is 59.3. The SMILES string of the molecule is COc1ccccc1C(O)c1cccc(N)c1.COc1ccccc1C=O.C[Si](C)(C)N(c1c[c-]ccc1)[Si](C)(C)C.Cc1cc(C(=O)O)n(-c2cccc(C#N)c2)n1.NCC1CC1.O=S(Cl)Cl.[C-]#[N+]c1cccc(-n2nc(C)cc2C(=O)Nc2cccc(C(O)c3ccccc3OC)c2)c1.[Cl-].[Mg+2]. The molecule has 2 aromatic heterocycles. The molecule has 1 aliphatic rings. The number of carbonyl (C=O) groups is 3. The summed E-state index contributed by atoms with van der Waals surface area (Å²) in [4.78, 5) is 37.9. The molecule has 8 N–H and O–H groups in total. The van der Waals surface area contributed by atoms with Crippen LogP contribution in [0.1, 0.15) is 95.6 Å². The Kier molecular flexibility index (Phi) is 37.4. The number of ether oxygens (including phenoxy) is 3. The minimum Gasteiger partial charge on any atom is -1.00 e. The first-order chi connectivity index (χ1) is 48.1. The van der Waals surface area contributed by atoms with Gasteiger partial charge in [-0.3, -0.25) is 9.59 Å². The van der Waals surface area contributed by atoms with Gasteiger partial charge in [0.15, 0.2) is 17.7 Å². The predicted octanol–water partition coefficient (Wildman–Crippen LogP) is 12.7. The van der Waals surface area contributed by atoms with E-state index in [0.717, 1.165) is 29.9 Å². The topological polar surface area (TPSA) is 288 Å². The molecule has 20 nitrogen and oxygen atoms in total. The Balaban J connectivity index is 0.000000339. The number of nitrogen functional groups attached to an aromatic ring is 1. The van der Waals surface area contributed by atoms with Crippen LogP contribution in [0.4, 0.5) is 22.7 Å². The monoisotopic (exact) mass is 1510 g/mol. The van der Waals surface area contributed by atoms with Crippen molar-refractivity contribution in [1.29, 1.82) is 5.26 Å². The Morgan fingerprint density at radius 3 is 1.66 bits per heavy atom. The summed E-state index contributed by atoms with van der Waals surface area (Å²) in [5, 5.41) is 50.4. The number of nitrogens with two attached hydrogens (primary N) is 2. The molecule has 1 amide bonds. The number of rotatable bonds is 17. The maximum Gasteiger partial charge on any atom is 2.00 e. The van der Waals surface area contributed by atoms with E-state index in [4.69, 9.17) is 46.8 Å². The number of nitrogens with zero attached hydrogens (tertiary/aromatic N) is 7. The first kappa shape index (κ1) is 88.1. The van der Waals surface area contributed by atoms with E-state index in [1.807, 2.05) is 66.7 Å². The Morgan fingerprint density at radius 2 is 1.20 bits per heavy atom. The number of hydrogen-bond donors (Lipinski definition) is 6. The van der Waals surface area contributed by atoms with Gasteiger partial charge >= 0.3 is 29.0 Å². The zero-order valence-corrected chi connectivity index (χ0v) is 65.8.